The number of epoxide rings is 1. The first kappa shape index (κ1) is 26.1. The number of allylic oxidation sites excluding steroid dienone is 2. The summed E-state index contributed by atoms with van der Waals surface area (Å²) in [6.07, 6.45) is 4.33. The van der Waals surface area contributed by atoms with Crippen molar-refractivity contribution in [2.45, 2.75) is 97.2 Å². The molecule has 200 valence electrons. The van der Waals surface area contributed by atoms with Crippen LogP contribution in [0, 0.1) is 40.4 Å². The van der Waals surface area contributed by atoms with Crippen LogP contribution in [0.5, 0.6) is 0 Å². The van der Waals surface area contributed by atoms with Crippen LogP contribution in [-0.2, 0) is 19.1 Å². The first-order chi connectivity index (χ1) is 16.8. The summed E-state index contributed by atoms with van der Waals surface area (Å²) in [7, 11) is 0. The van der Waals surface area contributed by atoms with Crippen molar-refractivity contribution in [2.75, 3.05) is 6.61 Å². The smallest absolute Gasteiger partial charge is 0.336 e. The molecule has 5 aliphatic rings. The Hall–Kier alpha value is -1.54. The zero-order chi connectivity index (χ0) is 26.4. The van der Waals surface area contributed by atoms with E-state index in [0.717, 1.165) is 24.8 Å². The molecule has 7 heteroatoms. The van der Waals surface area contributed by atoms with Gasteiger partial charge in [-0.05, 0) is 94.6 Å². The molecule has 4 aliphatic carbocycles. The van der Waals surface area contributed by atoms with Gasteiger partial charge in [-0.3, -0.25) is 4.79 Å². The third-order valence-electron chi connectivity index (χ3n) is 11.3. The molecule has 0 radical (unpaired) electrons. The summed E-state index contributed by atoms with van der Waals surface area (Å²) >= 11 is 0. The highest BCUT2D eigenvalue weighted by Gasteiger charge is 2.81. The maximum atomic E-state index is 13.3. The monoisotopic (exact) mass is 502 g/mol. The lowest BCUT2D eigenvalue weighted by Gasteiger charge is -2.59. The predicted molar refractivity (Wildman–Crippen MR) is 133 cm³/mol. The number of ketones is 1. The molecule has 3 N–H and O–H groups in total. The minimum absolute atomic E-state index is 0.0462. The Kier molecular flexibility index (Phi) is 6.15. The zero-order valence-corrected chi connectivity index (χ0v) is 22.4. The van der Waals surface area contributed by atoms with Gasteiger partial charge < -0.3 is 24.8 Å². The van der Waals surface area contributed by atoms with Crippen LogP contribution < -0.4 is 0 Å². The molecule has 0 aromatic rings. The molecule has 0 bridgehead atoms. The van der Waals surface area contributed by atoms with Gasteiger partial charge in [0.15, 0.2) is 5.78 Å². The average molecular weight is 503 g/mol. The molecule has 1 saturated heterocycles. The van der Waals surface area contributed by atoms with Crippen LogP contribution in [0.4, 0.5) is 0 Å². The molecule has 0 aromatic carbocycles. The van der Waals surface area contributed by atoms with E-state index >= 15 is 0 Å². The van der Waals surface area contributed by atoms with Gasteiger partial charge in [0.25, 0.3) is 0 Å². The normalized spacial score (nSPS) is 48.1. The van der Waals surface area contributed by atoms with Gasteiger partial charge in [0, 0.05) is 5.92 Å². The molecule has 5 rings (SSSR count). The van der Waals surface area contributed by atoms with E-state index in [2.05, 4.69) is 13.8 Å². The van der Waals surface area contributed by atoms with Crippen molar-refractivity contribution in [3.05, 3.63) is 23.3 Å². The second-order valence-corrected chi connectivity index (χ2v) is 12.9. The summed E-state index contributed by atoms with van der Waals surface area (Å²) in [5.74, 6) is 0.00465. The van der Waals surface area contributed by atoms with Gasteiger partial charge >= 0.3 is 5.97 Å². The molecule has 7 nitrogen and oxygen atoms in total. The van der Waals surface area contributed by atoms with Gasteiger partial charge in [0.05, 0.1) is 29.8 Å². The molecule has 0 aromatic heterocycles. The van der Waals surface area contributed by atoms with Crippen molar-refractivity contribution in [1.82, 2.24) is 0 Å². The number of rotatable bonds is 5. The SMILES string of the molecule is CC(C)=C(CO)C(=O)O[C@H](C)[C@@H](C)[C@H]1CC[C@H]2[C@@H]3C[C@H]4O[C@]45[C@@H](O)C=CC(=O)[C@]5(C)[C@H]3[C@@H](O)C[C@]12C. The van der Waals surface area contributed by atoms with Crippen LogP contribution in [0.2, 0.25) is 0 Å². The highest BCUT2D eigenvalue weighted by molar-refractivity contribution is 5.98. The van der Waals surface area contributed by atoms with E-state index in [4.69, 9.17) is 9.47 Å². The van der Waals surface area contributed by atoms with E-state index in [1.165, 1.54) is 6.08 Å². The Morgan fingerprint density at radius 3 is 2.56 bits per heavy atom. The van der Waals surface area contributed by atoms with Crippen molar-refractivity contribution >= 4 is 11.8 Å². The van der Waals surface area contributed by atoms with Gasteiger partial charge in [0.1, 0.15) is 17.8 Å². The van der Waals surface area contributed by atoms with E-state index < -0.39 is 29.2 Å². The van der Waals surface area contributed by atoms with Crippen LogP contribution in [0.3, 0.4) is 0 Å². The Balaban J connectivity index is 1.40. The fraction of sp³-hybridized carbons (Fsp3) is 0.793. The maximum Gasteiger partial charge on any atom is 0.336 e. The summed E-state index contributed by atoms with van der Waals surface area (Å²) in [5.41, 5.74) is -0.949. The van der Waals surface area contributed by atoms with E-state index in [1.807, 2.05) is 13.8 Å². The van der Waals surface area contributed by atoms with Gasteiger partial charge in [0.2, 0.25) is 0 Å². The van der Waals surface area contributed by atoms with Crippen molar-refractivity contribution in [2.24, 2.45) is 40.4 Å². The topological polar surface area (TPSA) is 117 Å². The summed E-state index contributed by atoms with van der Waals surface area (Å²) in [6.45, 7) is 11.5. The Morgan fingerprint density at radius 1 is 1.22 bits per heavy atom. The number of hydrogen-bond acceptors (Lipinski definition) is 7. The summed E-state index contributed by atoms with van der Waals surface area (Å²) in [5, 5.41) is 32.1. The third kappa shape index (κ3) is 3.25. The Labute approximate surface area is 213 Å². The highest BCUT2D eigenvalue weighted by atomic mass is 16.6. The molecule has 3 saturated carbocycles. The molecule has 1 aliphatic heterocycles. The van der Waals surface area contributed by atoms with Gasteiger partial charge in [-0.15, -0.1) is 0 Å². The van der Waals surface area contributed by atoms with Crippen molar-refractivity contribution in [3.63, 3.8) is 0 Å². The minimum Gasteiger partial charge on any atom is -0.459 e. The van der Waals surface area contributed by atoms with Crippen LogP contribution in [-0.4, -0.2) is 63.7 Å². The lowest BCUT2D eigenvalue weighted by atomic mass is 9.43. The molecule has 1 heterocycles. The lowest BCUT2D eigenvalue weighted by molar-refractivity contribution is -0.176. The standard InChI is InChI=1S/C29H42O7/c1-14(2)18(13-30)26(34)35-16(4)15(3)19-7-8-20-17-11-24-29(36-24)23(33)10-9-22(32)28(29,6)25(17)21(31)12-27(19,20)5/h9-10,15-17,19-21,23-25,30-31,33H,7-8,11-13H2,1-6H3/t15-,16-,17+,19-,20+,21+,23+,24-,25-,27-,28-,29-/m1/s1. The van der Waals surface area contributed by atoms with Crippen LogP contribution >= 0.6 is 0 Å². The number of hydrogen-bond donors (Lipinski definition) is 3. The highest BCUT2D eigenvalue weighted by Crippen LogP contribution is 2.73. The molecule has 0 amide bonds. The van der Waals surface area contributed by atoms with Crippen LogP contribution in [0.25, 0.3) is 0 Å². The van der Waals surface area contributed by atoms with Crippen molar-refractivity contribution in [1.29, 1.82) is 0 Å². The fourth-order valence-corrected chi connectivity index (χ4v) is 9.31. The molecule has 36 heavy (non-hydrogen) atoms. The zero-order valence-electron chi connectivity index (χ0n) is 22.4. The molecule has 4 fully saturated rings. The number of esters is 1. The number of aliphatic hydroxyl groups excluding tert-OH is 3. The second-order valence-electron chi connectivity index (χ2n) is 12.9. The van der Waals surface area contributed by atoms with Crippen molar-refractivity contribution in [3.8, 4) is 0 Å². The largest absolute Gasteiger partial charge is 0.459 e. The first-order valence-corrected chi connectivity index (χ1v) is 13.6. The van der Waals surface area contributed by atoms with Crippen LogP contribution in [0.15, 0.2) is 23.3 Å². The third-order valence-corrected chi connectivity index (χ3v) is 11.3. The van der Waals surface area contributed by atoms with Gasteiger partial charge in [-0.1, -0.05) is 19.4 Å². The Morgan fingerprint density at radius 2 is 1.92 bits per heavy atom. The van der Waals surface area contributed by atoms with Crippen molar-refractivity contribution < 1.29 is 34.4 Å². The van der Waals surface area contributed by atoms with E-state index in [1.54, 1.807) is 19.9 Å². The quantitative estimate of drug-likeness (QED) is 0.301. The summed E-state index contributed by atoms with van der Waals surface area (Å²) < 4.78 is 12.0. The molecular formula is C29H42O7. The summed E-state index contributed by atoms with van der Waals surface area (Å²) in [4.78, 5) is 26.0. The number of carbonyl (C=O) groups is 2. The fourth-order valence-electron chi connectivity index (χ4n) is 9.31. The second kappa shape index (κ2) is 8.48. The number of fused-ring (bicyclic) bond motifs is 4. The molecule has 0 unspecified atom stereocenters. The van der Waals surface area contributed by atoms with E-state index in [9.17, 15) is 24.9 Å². The summed E-state index contributed by atoms with van der Waals surface area (Å²) in [6, 6.07) is 0. The van der Waals surface area contributed by atoms with Crippen LogP contribution in [0.1, 0.15) is 67.2 Å². The Bertz CT molecular complexity index is 1010. The minimum atomic E-state index is -0.937. The van der Waals surface area contributed by atoms with E-state index in [-0.39, 0.29) is 53.7 Å². The van der Waals surface area contributed by atoms with Gasteiger partial charge in [-0.25, -0.2) is 4.79 Å². The number of aliphatic hydroxyl groups is 3. The predicted octanol–water partition coefficient (Wildman–Crippen LogP) is 2.96. The first-order valence-electron chi connectivity index (χ1n) is 13.6. The molecule has 1 spiro atoms. The van der Waals surface area contributed by atoms with Gasteiger partial charge in [-0.2, -0.15) is 0 Å². The lowest BCUT2D eigenvalue weighted by Crippen LogP contribution is -2.66. The molecular weight excluding hydrogens is 460 g/mol. The van der Waals surface area contributed by atoms with E-state index in [0.29, 0.717) is 17.9 Å². The average Bonchev–Trinajstić information content (AvgIpc) is 3.44. The maximum absolute atomic E-state index is 13.3. The molecule has 12 atom stereocenters. The number of carbonyl (C=O) groups excluding carboxylic acids is 2. The number of ether oxygens (including phenoxy) is 2.